The molecule has 1 rings (SSSR count). The predicted octanol–water partition coefficient (Wildman–Crippen LogP) is 3.69. The van der Waals surface area contributed by atoms with Gasteiger partial charge in [0.15, 0.2) is 0 Å². The maximum Gasteiger partial charge on any atom is 0.501 e. The standard InChI is InChI=1S/C8H8F3O5PS.C4H10/c9-8(10,11)18(14,15)7-3-1-6(2-4-7)5-16-17(12)13;1-3-4-2/h1-4,17H,5H2,(H,12,13);3-4H2,1-2H3. The Morgan fingerprint density at radius 1 is 1.14 bits per heavy atom. The number of benzene rings is 1. The number of hydrogen-bond donors (Lipinski definition) is 1. The largest absolute Gasteiger partial charge is 0.501 e. The zero-order valence-corrected chi connectivity index (χ0v) is 13.9. The summed E-state index contributed by atoms with van der Waals surface area (Å²) >= 11 is 0. The normalized spacial score (nSPS) is 13.2. The van der Waals surface area contributed by atoms with Gasteiger partial charge in [-0.15, -0.1) is 0 Å². The van der Waals surface area contributed by atoms with Gasteiger partial charge < -0.3 is 9.42 Å². The summed E-state index contributed by atoms with van der Waals surface area (Å²) < 4.78 is 73.2. The molecule has 0 bridgehead atoms. The van der Waals surface area contributed by atoms with Gasteiger partial charge in [-0.2, -0.15) is 13.2 Å². The zero-order chi connectivity index (χ0) is 17.4. The lowest BCUT2D eigenvalue weighted by atomic mass is 10.2. The molecular formula is C12H18F3O5PS. The monoisotopic (exact) mass is 362 g/mol. The van der Waals surface area contributed by atoms with E-state index in [0.29, 0.717) is 0 Å². The first kappa shape index (κ1) is 21.1. The number of sulfone groups is 1. The maximum atomic E-state index is 12.2. The van der Waals surface area contributed by atoms with Crippen LogP contribution >= 0.6 is 8.25 Å². The SMILES string of the molecule is CCCC.O=[PH](O)OCc1ccc(S(=O)(=O)C(F)(F)F)cc1. The molecule has 0 fully saturated rings. The Bertz CT molecular complexity index is 567. The van der Waals surface area contributed by atoms with Crippen LogP contribution in [-0.2, 0) is 25.5 Å². The molecule has 1 aromatic carbocycles. The molecule has 0 aliphatic heterocycles. The second-order valence-electron chi connectivity index (χ2n) is 4.15. The van der Waals surface area contributed by atoms with Crippen LogP contribution in [0.1, 0.15) is 32.3 Å². The van der Waals surface area contributed by atoms with Gasteiger partial charge in [0.25, 0.3) is 9.84 Å². The molecule has 1 N–H and O–H groups in total. The lowest BCUT2D eigenvalue weighted by molar-refractivity contribution is -0.0436. The zero-order valence-electron chi connectivity index (χ0n) is 12.1. The Balaban J connectivity index is 0.000000980. The lowest BCUT2D eigenvalue weighted by Gasteiger charge is -2.08. The Labute approximate surface area is 128 Å². The van der Waals surface area contributed by atoms with Crippen molar-refractivity contribution in [2.75, 3.05) is 0 Å². The van der Waals surface area contributed by atoms with E-state index in [1.54, 1.807) is 0 Å². The summed E-state index contributed by atoms with van der Waals surface area (Å²) in [5.41, 5.74) is -5.08. The molecular weight excluding hydrogens is 344 g/mol. The van der Waals surface area contributed by atoms with Crippen molar-refractivity contribution in [1.29, 1.82) is 0 Å². The van der Waals surface area contributed by atoms with Crippen molar-refractivity contribution >= 4 is 18.1 Å². The molecule has 0 radical (unpaired) electrons. The van der Waals surface area contributed by atoms with Gasteiger partial charge in [0.05, 0.1) is 11.5 Å². The molecule has 1 aromatic rings. The van der Waals surface area contributed by atoms with Crippen molar-refractivity contribution in [2.45, 2.75) is 43.7 Å². The quantitative estimate of drug-likeness (QED) is 0.808. The minimum absolute atomic E-state index is 0.281. The van der Waals surface area contributed by atoms with E-state index >= 15 is 0 Å². The van der Waals surface area contributed by atoms with E-state index in [-0.39, 0.29) is 12.2 Å². The van der Waals surface area contributed by atoms with Crippen molar-refractivity contribution in [1.82, 2.24) is 0 Å². The van der Waals surface area contributed by atoms with Crippen molar-refractivity contribution in [3.63, 3.8) is 0 Å². The first-order valence-corrected chi connectivity index (χ1v) is 9.07. The molecule has 5 nitrogen and oxygen atoms in total. The second kappa shape index (κ2) is 9.29. The maximum absolute atomic E-state index is 12.2. The molecule has 1 atom stereocenters. The molecule has 10 heteroatoms. The van der Waals surface area contributed by atoms with E-state index < -0.39 is 28.5 Å². The van der Waals surface area contributed by atoms with E-state index in [2.05, 4.69) is 18.4 Å². The first-order chi connectivity index (χ1) is 10.1. The second-order valence-corrected chi connectivity index (χ2v) is 6.91. The van der Waals surface area contributed by atoms with E-state index in [9.17, 15) is 26.2 Å². The lowest BCUT2D eigenvalue weighted by Crippen LogP contribution is -2.23. The van der Waals surface area contributed by atoms with Gasteiger partial charge in [-0.3, -0.25) is 4.57 Å². The van der Waals surface area contributed by atoms with Gasteiger partial charge in [0, 0.05) is 0 Å². The van der Waals surface area contributed by atoms with Crippen LogP contribution in [0.2, 0.25) is 0 Å². The Morgan fingerprint density at radius 2 is 1.59 bits per heavy atom. The summed E-state index contributed by atoms with van der Waals surface area (Å²) in [5, 5.41) is 0. The van der Waals surface area contributed by atoms with Gasteiger partial charge in [0.2, 0.25) is 0 Å². The summed E-state index contributed by atoms with van der Waals surface area (Å²) in [4.78, 5) is 7.49. The third kappa shape index (κ3) is 6.91. The van der Waals surface area contributed by atoms with Gasteiger partial charge in [-0.25, -0.2) is 8.42 Å². The minimum atomic E-state index is -5.37. The highest BCUT2D eigenvalue weighted by Gasteiger charge is 2.46. The van der Waals surface area contributed by atoms with E-state index in [4.69, 9.17) is 4.89 Å². The van der Waals surface area contributed by atoms with Crippen LogP contribution < -0.4 is 0 Å². The Morgan fingerprint density at radius 3 is 1.91 bits per heavy atom. The smallest absolute Gasteiger partial charge is 0.326 e. The average Bonchev–Trinajstić information content (AvgIpc) is 2.44. The van der Waals surface area contributed by atoms with Crippen LogP contribution in [0.5, 0.6) is 0 Å². The fourth-order valence-corrected chi connectivity index (χ4v) is 2.10. The number of rotatable bonds is 5. The number of halogens is 3. The first-order valence-electron chi connectivity index (χ1n) is 6.32. The van der Waals surface area contributed by atoms with Crippen LogP contribution in [0.15, 0.2) is 29.2 Å². The summed E-state index contributed by atoms with van der Waals surface area (Å²) in [6, 6.07) is 3.67. The summed E-state index contributed by atoms with van der Waals surface area (Å²) in [6.07, 6.45) is 2.64. The third-order valence-electron chi connectivity index (χ3n) is 2.40. The van der Waals surface area contributed by atoms with Gasteiger partial charge in [-0.1, -0.05) is 38.8 Å². The van der Waals surface area contributed by atoms with Gasteiger partial charge >= 0.3 is 13.8 Å². The molecule has 0 saturated carbocycles. The minimum Gasteiger partial charge on any atom is -0.326 e. The molecule has 128 valence electrons. The molecule has 0 aliphatic rings. The summed E-state index contributed by atoms with van der Waals surface area (Å²) in [5.74, 6) is 0. The molecule has 0 saturated heterocycles. The molecule has 0 aliphatic carbocycles. The Hall–Kier alpha value is -0.890. The van der Waals surface area contributed by atoms with Crippen LogP contribution in [0.3, 0.4) is 0 Å². The van der Waals surface area contributed by atoms with E-state index in [1.165, 1.54) is 12.8 Å². The fourth-order valence-electron chi connectivity index (χ4n) is 1.04. The topological polar surface area (TPSA) is 80.7 Å². The molecule has 0 amide bonds. The fraction of sp³-hybridized carbons (Fsp3) is 0.500. The summed E-state index contributed by atoms with van der Waals surface area (Å²) in [7, 11) is -8.51. The van der Waals surface area contributed by atoms with Crippen LogP contribution in [-0.4, -0.2) is 18.8 Å². The molecule has 22 heavy (non-hydrogen) atoms. The number of unbranched alkanes of at least 4 members (excludes halogenated alkanes) is 1. The number of alkyl halides is 3. The van der Waals surface area contributed by atoms with Crippen molar-refractivity contribution in [3.05, 3.63) is 29.8 Å². The van der Waals surface area contributed by atoms with E-state index in [0.717, 1.165) is 24.3 Å². The summed E-state index contributed by atoms with van der Waals surface area (Å²) in [6.45, 7) is 4.07. The average molecular weight is 362 g/mol. The van der Waals surface area contributed by atoms with Crippen molar-refractivity contribution < 1.29 is 35.6 Å². The van der Waals surface area contributed by atoms with Crippen LogP contribution in [0, 0.1) is 0 Å². The van der Waals surface area contributed by atoms with Gasteiger partial charge in [0.1, 0.15) is 0 Å². The van der Waals surface area contributed by atoms with Gasteiger partial charge in [-0.05, 0) is 17.7 Å². The van der Waals surface area contributed by atoms with E-state index in [1.807, 2.05) is 0 Å². The van der Waals surface area contributed by atoms with Crippen molar-refractivity contribution in [3.8, 4) is 0 Å². The highest BCUT2D eigenvalue weighted by Crippen LogP contribution is 2.30. The predicted molar refractivity (Wildman–Crippen MR) is 76.3 cm³/mol. The highest BCUT2D eigenvalue weighted by molar-refractivity contribution is 7.92. The molecule has 1 unspecified atom stereocenters. The van der Waals surface area contributed by atoms with Crippen molar-refractivity contribution in [2.24, 2.45) is 0 Å². The molecule has 0 heterocycles. The van der Waals surface area contributed by atoms with Crippen LogP contribution in [0.4, 0.5) is 13.2 Å². The molecule has 0 spiro atoms. The third-order valence-corrected chi connectivity index (χ3v) is 4.29. The highest BCUT2D eigenvalue weighted by atomic mass is 32.2. The Kier molecular flexibility index (Phi) is 8.92. The molecule has 0 aromatic heterocycles. The number of hydrogen-bond acceptors (Lipinski definition) is 4. The van der Waals surface area contributed by atoms with Crippen LogP contribution in [0.25, 0.3) is 0 Å².